The highest BCUT2D eigenvalue weighted by Gasteiger charge is 2.48. The number of rotatable bonds is 0. The molecular weight excluding hydrogens is 164 g/mol. The van der Waals surface area contributed by atoms with Crippen molar-refractivity contribution >= 4 is 0 Å². The summed E-state index contributed by atoms with van der Waals surface area (Å²) in [7, 11) is 0. The van der Waals surface area contributed by atoms with Gasteiger partial charge in [0, 0.05) is 6.42 Å². The first kappa shape index (κ1) is 8.01. The fourth-order valence-corrected chi connectivity index (χ4v) is 2.98. The van der Waals surface area contributed by atoms with Crippen LogP contribution in [0.1, 0.15) is 32.1 Å². The van der Waals surface area contributed by atoms with Crippen LogP contribution in [-0.2, 0) is 9.47 Å². The summed E-state index contributed by atoms with van der Waals surface area (Å²) in [6.45, 7) is 1.56. The van der Waals surface area contributed by atoms with Crippen LogP contribution in [0.15, 0.2) is 11.6 Å². The van der Waals surface area contributed by atoms with Crippen molar-refractivity contribution in [2.75, 3.05) is 13.2 Å². The van der Waals surface area contributed by atoms with Gasteiger partial charge in [0.25, 0.3) is 0 Å². The molecule has 2 nitrogen and oxygen atoms in total. The Morgan fingerprint density at radius 1 is 1.23 bits per heavy atom. The summed E-state index contributed by atoms with van der Waals surface area (Å²) in [4.78, 5) is 0. The average molecular weight is 180 g/mol. The molecule has 3 aliphatic rings. The summed E-state index contributed by atoms with van der Waals surface area (Å²) in [6, 6.07) is 0. The molecular formula is C11H16O2. The van der Waals surface area contributed by atoms with Crippen LogP contribution in [0.5, 0.6) is 0 Å². The quantitative estimate of drug-likeness (QED) is 0.532. The smallest absolute Gasteiger partial charge is 0.191 e. The normalized spacial score (nSPS) is 36.3. The number of hydrogen-bond donors (Lipinski definition) is 0. The lowest BCUT2D eigenvalue weighted by molar-refractivity contribution is -0.121. The topological polar surface area (TPSA) is 18.5 Å². The molecule has 1 aliphatic heterocycles. The first-order valence-electron chi connectivity index (χ1n) is 5.39. The van der Waals surface area contributed by atoms with Crippen molar-refractivity contribution < 1.29 is 9.47 Å². The molecule has 2 heteroatoms. The van der Waals surface area contributed by atoms with Gasteiger partial charge in [0.1, 0.15) is 0 Å². The Morgan fingerprint density at radius 3 is 2.92 bits per heavy atom. The van der Waals surface area contributed by atoms with E-state index in [0.29, 0.717) is 0 Å². The third kappa shape index (κ3) is 1.09. The summed E-state index contributed by atoms with van der Waals surface area (Å²) < 4.78 is 11.6. The van der Waals surface area contributed by atoms with Gasteiger partial charge in [-0.25, -0.2) is 0 Å². The fourth-order valence-electron chi connectivity index (χ4n) is 2.98. The van der Waals surface area contributed by atoms with E-state index in [4.69, 9.17) is 9.47 Å². The Balaban J connectivity index is 1.93. The molecule has 1 atom stereocenters. The van der Waals surface area contributed by atoms with Crippen molar-refractivity contribution in [3.8, 4) is 0 Å². The van der Waals surface area contributed by atoms with Crippen molar-refractivity contribution in [1.82, 2.24) is 0 Å². The lowest BCUT2D eigenvalue weighted by Gasteiger charge is -2.27. The predicted molar refractivity (Wildman–Crippen MR) is 49.3 cm³/mol. The minimum absolute atomic E-state index is 0.259. The third-order valence-corrected chi connectivity index (χ3v) is 3.58. The molecule has 1 spiro atoms. The largest absolute Gasteiger partial charge is 0.344 e. The number of hydrogen-bond acceptors (Lipinski definition) is 2. The molecule has 0 amide bonds. The monoisotopic (exact) mass is 180 g/mol. The molecule has 0 aromatic heterocycles. The van der Waals surface area contributed by atoms with E-state index in [1.165, 1.54) is 31.3 Å². The summed E-state index contributed by atoms with van der Waals surface area (Å²) >= 11 is 0. The van der Waals surface area contributed by atoms with Gasteiger partial charge in [-0.3, -0.25) is 0 Å². The minimum Gasteiger partial charge on any atom is -0.344 e. The maximum atomic E-state index is 5.78. The highest BCUT2D eigenvalue weighted by atomic mass is 16.7. The first-order valence-corrected chi connectivity index (χ1v) is 5.39. The third-order valence-electron chi connectivity index (χ3n) is 3.58. The Kier molecular flexibility index (Phi) is 1.74. The van der Waals surface area contributed by atoms with Gasteiger partial charge in [-0.15, -0.1) is 0 Å². The van der Waals surface area contributed by atoms with Crippen LogP contribution in [0.4, 0.5) is 0 Å². The van der Waals surface area contributed by atoms with Gasteiger partial charge >= 0.3 is 0 Å². The maximum Gasteiger partial charge on any atom is 0.191 e. The second-order valence-electron chi connectivity index (χ2n) is 4.28. The fraction of sp³-hybridized carbons (Fsp3) is 0.818. The molecule has 1 heterocycles. The number of ether oxygens (including phenoxy) is 2. The van der Waals surface area contributed by atoms with Gasteiger partial charge in [-0.2, -0.15) is 0 Å². The molecule has 13 heavy (non-hydrogen) atoms. The van der Waals surface area contributed by atoms with Crippen molar-refractivity contribution in [3.63, 3.8) is 0 Å². The molecule has 1 saturated carbocycles. The van der Waals surface area contributed by atoms with E-state index in [1.807, 2.05) is 0 Å². The van der Waals surface area contributed by atoms with Gasteiger partial charge < -0.3 is 9.47 Å². The van der Waals surface area contributed by atoms with Gasteiger partial charge in [-0.05, 0) is 37.2 Å². The van der Waals surface area contributed by atoms with Crippen LogP contribution in [-0.4, -0.2) is 19.0 Å². The van der Waals surface area contributed by atoms with Crippen molar-refractivity contribution in [3.05, 3.63) is 11.6 Å². The molecule has 0 radical (unpaired) electrons. The SMILES string of the molecule is C1=C2C(CCC1)CCC21OCCO1. The molecule has 2 fully saturated rings. The van der Waals surface area contributed by atoms with Crippen LogP contribution in [0.2, 0.25) is 0 Å². The van der Waals surface area contributed by atoms with Crippen LogP contribution in [0, 0.1) is 5.92 Å². The summed E-state index contributed by atoms with van der Waals surface area (Å²) in [5.74, 6) is 0.511. The van der Waals surface area contributed by atoms with Crippen LogP contribution in [0.25, 0.3) is 0 Å². The molecule has 0 bridgehead atoms. The van der Waals surface area contributed by atoms with E-state index in [1.54, 1.807) is 0 Å². The Labute approximate surface area is 78.9 Å². The van der Waals surface area contributed by atoms with Crippen LogP contribution in [0.3, 0.4) is 0 Å². The van der Waals surface area contributed by atoms with E-state index in [9.17, 15) is 0 Å². The average Bonchev–Trinajstić information content (AvgIpc) is 2.78. The molecule has 0 aromatic rings. The molecule has 2 aliphatic carbocycles. The Morgan fingerprint density at radius 2 is 2.08 bits per heavy atom. The highest BCUT2D eigenvalue weighted by Crippen LogP contribution is 2.49. The molecule has 0 aromatic carbocycles. The lowest BCUT2D eigenvalue weighted by atomic mass is 9.89. The van der Waals surface area contributed by atoms with Gasteiger partial charge in [0.15, 0.2) is 5.79 Å². The lowest BCUT2D eigenvalue weighted by Crippen LogP contribution is -2.29. The van der Waals surface area contributed by atoms with E-state index >= 15 is 0 Å². The summed E-state index contributed by atoms with van der Waals surface area (Å²) in [6.07, 6.45) is 8.65. The van der Waals surface area contributed by atoms with E-state index in [0.717, 1.165) is 25.6 Å². The first-order chi connectivity index (χ1) is 6.41. The van der Waals surface area contributed by atoms with Gasteiger partial charge in [-0.1, -0.05) is 6.08 Å². The zero-order chi connectivity index (χ0) is 8.73. The van der Waals surface area contributed by atoms with Crippen molar-refractivity contribution in [2.45, 2.75) is 37.9 Å². The highest BCUT2D eigenvalue weighted by molar-refractivity contribution is 5.24. The second kappa shape index (κ2) is 2.82. The molecule has 1 saturated heterocycles. The van der Waals surface area contributed by atoms with E-state index in [2.05, 4.69) is 6.08 Å². The predicted octanol–water partition coefficient (Wildman–Crippen LogP) is 2.25. The van der Waals surface area contributed by atoms with Gasteiger partial charge in [0.2, 0.25) is 0 Å². The number of allylic oxidation sites excluding steroid dienone is 1. The second-order valence-corrected chi connectivity index (χ2v) is 4.28. The number of fused-ring (bicyclic) bond motifs is 2. The molecule has 1 unspecified atom stereocenters. The van der Waals surface area contributed by atoms with Gasteiger partial charge in [0.05, 0.1) is 13.2 Å². The van der Waals surface area contributed by atoms with Crippen LogP contribution >= 0.6 is 0 Å². The van der Waals surface area contributed by atoms with Crippen molar-refractivity contribution in [1.29, 1.82) is 0 Å². The zero-order valence-corrected chi connectivity index (χ0v) is 7.92. The van der Waals surface area contributed by atoms with Crippen LogP contribution < -0.4 is 0 Å². The standard InChI is InChI=1S/C11H16O2/c1-2-4-10-9(3-1)5-6-11(10)12-7-8-13-11/h4,9H,1-3,5-8H2. The molecule has 0 N–H and O–H groups in total. The minimum atomic E-state index is -0.259. The zero-order valence-electron chi connectivity index (χ0n) is 7.92. The Hall–Kier alpha value is -0.340. The van der Waals surface area contributed by atoms with E-state index in [-0.39, 0.29) is 5.79 Å². The summed E-state index contributed by atoms with van der Waals surface area (Å²) in [5.41, 5.74) is 1.47. The van der Waals surface area contributed by atoms with Crippen molar-refractivity contribution in [2.24, 2.45) is 5.92 Å². The summed E-state index contributed by atoms with van der Waals surface area (Å²) in [5, 5.41) is 0. The molecule has 72 valence electrons. The molecule has 3 rings (SSSR count). The van der Waals surface area contributed by atoms with E-state index < -0.39 is 0 Å². The maximum absolute atomic E-state index is 5.78. The Bertz CT molecular complexity index is 238.